The van der Waals surface area contributed by atoms with E-state index in [9.17, 15) is 0 Å². The van der Waals surface area contributed by atoms with Crippen molar-refractivity contribution in [3.8, 4) is 11.4 Å². The molecule has 6 nitrogen and oxygen atoms in total. The molecule has 150 valence electrons. The molecular formula is C20H34N6S. The van der Waals surface area contributed by atoms with Crippen LogP contribution in [0.15, 0.2) is 30.3 Å². The summed E-state index contributed by atoms with van der Waals surface area (Å²) in [5, 5.41) is 4.82. The van der Waals surface area contributed by atoms with Crippen LogP contribution in [-0.4, -0.2) is 83.4 Å². The van der Waals surface area contributed by atoms with Crippen molar-refractivity contribution < 1.29 is 0 Å². The average molecular weight is 391 g/mol. The van der Waals surface area contributed by atoms with Crippen LogP contribution in [0, 0.1) is 4.77 Å². The third-order valence-corrected chi connectivity index (χ3v) is 5.05. The monoisotopic (exact) mass is 390 g/mol. The third-order valence-electron chi connectivity index (χ3n) is 4.57. The highest BCUT2D eigenvalue weighted by Crippen LogP contribution is 2.17. The zero-order chi connectivity index (χ0) is 19.8. The standard InChI is InChI=1S/C20H34N6S/c1-22(2)13-9-15-25(16-10-14-23(3)4)17-26-20(27)24(5)19(21-26)18-11-7-6-8-12-18/h6-8,11-12H,9-10,13-17H2,1-5H3. The molecule has 1 heterocycles. The lowest BCUT2D eigenvalue weighted by molar-refractivity contribution is 0.186. The molecule has 1 aromatic carbocycles. The number of benzene rings is 1. The van der Waals surface area contributed by atoms with Crippen molar-refractivity contribution >= 4 is 12.2 Å². The average Bonchev–Trinajstić information content (AvgIpc) is 2.90. The topological polar surface area (TPSA) is 32.5 Å². The van der Waals surface area contributed by atoms with Crippen LogP contribution in [-0.2, 0) is 13.7 Å². The van der Waals surface area contributed by atoms with Gasteiger partial charge in [-0.2, -0.15) is 5.10 Å². The molecule has 0 aliphatic carbocycles. The summed E-state index contributed by atoms with van der Waals surface area (Å²) in [5.74, 6) is 0.919. The van der Waals surface area contributed by atoms with E-state index in [2.05, 4.69) is 55.0 Å². The van der Waals surface area contributed by atoms with Gasteiger partial charge < -0.3 is 14.4 Å². The predicted molar refractivity (Wildman–Crippen MR) is 115 cm³/mol. The normalized spacial score (nSPS) is 11.9. The summed E-state index contributed by atoms with van der Waals surface area (Å²) in [7, 11) is 10.5. The first-order valence-electron chi connectivity index (χ1n) is 9.59. The second-order valence-electron chi connectivity index (χ2n) is 7.60. The van der Waals surface area contributed by atoms with E-state index in [1.165, 1.54) is 0 Å². The van der Waals surface area contributed by atoms with Gasteiger partial charge in [-0.3, -0.25) is 4.90 Å². The van der Waals surface area contributed by atoms with Crippen molar-refractivity contribution in [3.05, 3.63) is 35.1 Å². The Morgan fingerprint density at radius 3 is 1.96 bits per heavy atom. The number of rotatable bonds is 11. The van der Waals surface area contributed by atoms with Crippen LogP contribution in [0.4, 0.5) is 0 Å². The maximum absolute atomic E-state index is 5.66. The van der Waals surface area contributed by atoms with Crippen molar-refractivity contribution in [1.82, 2.24) is 29.0 Å². The van der Waals surface area contributed by atoms with Crippen molar-refractivity contribution in [3.63, 3.8) is 0 Å². The quantitative estimate of drug-likeness (QED) is 0.551. The summed E-state index contributed by atoms with van der Waals surface area (Å²) in [5.41, 5.74) is 1.09. The highest BCUT2D eigenvalue weighted by molar-refractivity contribution is 7.71. The molecule has 0 fully saturated rings. The molecule has 0 saturated heterocycles. The molecule has 0 bridgehead atoms. The molecule has 2 rings (SSSR count). The molecule has 0 atom stereocenters. The van der Waals surface area contributed by atoms with Crippen molar-refractivity contribution in [2.75, 3.05) is 54.4 Å². The zero-order valence-electron chi connectivity index (χ0n) is 17.4. The van der Waals surface area contributed by atoms with Gasteiger partial charge in [-0.25, -0.2) is 4.68 Å². The Morgan fingerprint density at radius 1 is 0.889 bits per heavy atom. The van der Waals surface area contributed by atoms with Gasteiger partial charge in [0.25, 0.3) is 0 Å². The second-order valence-corrected chi connectivity index (χ2v) is 7.97. The molecule has 1 aromatic heterocycles. The second kappa shape index (κ2) is 10.7. The largest absolute Gasteiger partial charge is 0.309 e. The number of nitrogens with zero attached hydrogens (tertiary/aromatic N) is 6. The first-order valence-corrected chi connectivity index (χ1v) is 10.0. The van der Waals surface area contributed by atoms with Crippen LogP contribution in [0.3, 0.4) is 0 Å². The minimum absolute atomic E-state index is 0.736. The van der Waals surface area contributed by atoms with E-state index >= 15 is 0 Å². The molecule has 0 amide bonds. The van der Waals surface area contributed by atoms with Gasteiger partial charge in [-0.05, 0) is 66.3 Å². The lowest BCUT2D eigenvalue weighted by Crippen LogP contribution is -2.32. The fourth-order valence-electron chi connectivity index (χ4n) is 3.08. The number of aromatic nitrogens is 3. The number of hydrogen-bond acceptors (Lipinski definition) is 5. The molecular weight excluding hydrogens is 356 g/mol. The first kappa shape index (κ1) is 21.8. The van der Waals surface area contributed by atoms with Crippen molar-refractivity contribution in [2.45, 2.75) is 19.5 Å². The summed E-state index contributed by atoms with van der Waals surface area (Å²) >= 11 is 5.66. The van der Waals surface area contributed by atoms with Gasteiger partial charge in [0.15, 0.2) is 10.6 Å². The minimum Gasteiger partial charge on any atom is -0.309 e. The Bertz CT molecular complexity index is 721. The highest BCUT2D eigenvalue weighted by Gasteiger charge is 2.13. The predicted octanol–water partition coefficient (Wildman–Crippen LogP) is 2.78. The van der Waals surface area contributed by atoms with E-state index < -0.39 is 0 Å². The Balaban J connectivity index is 2.11. The molecule has 7 heteroatoms. The first-order chi connectivity index (χ1) is 12.9. The van der Waals surface area contributed by atoms with E-state index in [0.29, 0.717) is 0 Å². The Morgan fingerprint density at radius 2 is 1.44 bits per heavy atom. The highest BCUT2D eigenvalue weighted by atomic mass is 32.1. The zero-order valence-corrected chi connectivity index (χ0v) is 18.2. The molecule has 0 aliphatic heterocycles. The van der Waals surface area contributed by atoms with E-state index in [4.69, 9.17) is 17.3 Å². The fourth-order valence-corrected chi connectivity index (χ4v) is 3.27. The Kier molecular flexibility index (Phi) is 8.63. The molecule has 2 aromatic rings. The van der Waals surface area contributed by atoms with Crippen LogP contribution in [0.5, 0.6) is 0 Å². The molecule has 0 N–H and O–H groups in total. The summed E-state index contributed by atoms with van der Waals surface area (Å²) in [4.78, 5) is 6.93. The summed E-state index contributed by atoms with van der Waals surface area (Å²) in [6.07, 6.45) is 2.28. The summed E-state index contributed by atoms with van der Waals surface area (Å²) < 4.78 is 4.73. The van der Waals surface area contributed by atoms with E-state index in [-0.39, 0.29) is 0 Å². The number of hydrogen-bond donors (Lipinski definition) is 0. The van der Waals surface area contributed by atoms with Gasteiger partial charge in [0, 0.05) is 25.7 Å². The van der Waals surface area contributed by atoms with E-state index in [0.717, 1.165) is 61.8 Å². The van der Waals surface area contributed by atoms with Crippen LogP contribution in [0.25, 0.3) is 11.4 Å². The summed E-state index contributed by atoms with van der Waals surface area (Å²) in [6.45, 7) is 5.01. The fraction of sp³-hybridized carbons (Fsp3) is 0.600. The lowest BCUT2D eigenvalue weighted by Gasteiger charge is -2.23. The van der Waals surface area contributed by atoms with Gasteiger partial charge in [0.1, 0.15) is 0 Å². The van der Waals surface area contributed by atoms with Crippen LogP contribution in [0.1, 0.15) is 12.8 Å². The molecule has 0 unspecified atom stereocenters. The van der Waals surface area contributed by atoms with Gasteiger partial charge in [-0.1, -0.05) is 30.3 Å². The van der Waals surface area contributed by atoms with Crippen molar-refractivity contribution in [1.29, 1.82) is 0 Å². The van der Waals surface area contributed by atoms with Crippen LogP contribution < -0.4 is 0 Å². The van der Waals surface area contributed by atoms with Gasteiger partial charge in [0.2, 0.25) is 0 Å². The maximum Gasteiger partial charge on any atom is 0.199 e. The maximum atomic E-state index is 5.66. The van der Waals surface area contributed by atoms with Crippen LogP contribution in [0.2, 0.25) is 0 Å². The van der Waals surface area contributed by atoms with Gasteiger partial charge >= 0.3 is 0 Å². The van der Waals surface area contributed by atoms with Gasteiger partial charge in [-0.15, -0.1) is 0 Å². The molecule has 27 heavy (non-hydrogen) atoms. The smallest absolute Gasteiger partial charge is 0.199 e. The van der Waals surface area contributed by atoms with Gasteiger partial charge in [0.05, 0.1) is 6.67 Å². The molecule has 0 spiro atoms. The van der Waals surface area contributed by atoms with Crippen molar-refractivity contribution in [2.24, 2.45) is 7.05 Å². The Hall–Kier alpha value is -1.54. The lowest BCUT2D eigenvalue weighted by atomic mass is 10.2. The summed E-state index contributed by atoms with van der Waals surface area (Å²) in [6, 6.07) is 10.2. The minimum atomic E-state index is 0.736. The molecule has 0 radical (unpaired) electrons. The SMILES string of the molecule is CN(C)CCCN(CCCN(C)C)Cn1nc(-c2ccccc2)n(C)c1=S. The van der Waals surface area contributed by atoms with E-state index in [1.807, 2.05) is 34.5 Å². The Labute approximate surface area is 169 Å². The third kappa shape index (κ3) is 6.84. The van der Waals surface area contributed by atoms with Crippen LogP contribution >= 0.6 is 12.2 Å². The van der Waals surface area contributed by atoms with E-state index in [1.54, 1.807) is 0 Å². The molecule has 0 aliphatic rings. The molecule has 0 saturated carbocycles.